The van der Waals surface area contributed by atoms with Gasteiger partial charge in [0.25, 0.3) is 0 Å². The first kappa shape index (κ1) is 22.7. The van der Waals surface area contributed by atoms with Gasteiger partial charge in [-0.25, -0.2) is 13.2 Å². The number of nitrogens with one attached hydrogen (secondary N) is 1. The number of nitrogens with zero attached hydrogens (tertiary/aromatic N) is 1. The lowest BCUT2D eigenvalue weighted by Crippen LogP contribution is -2.37. The van der Waals surface area contributed by atoms with Crippen molar-refractivity contribution in [1.82, 2.24) is 0 Å². The van der Waals surface area contributed by atoms with E-state index in [1.165, 1.54) is 18.2 Å². The standard InChI is InChI=1S/C20H23ClN2O5S/c1-3-4-12-28-20(25)15-8-10-17(11-9-15)22-19(24)14-23(29(2,26)27)18-7-5-6-16(21)13-18/h5-11,13H,3-4,12,14H2,1-2H3,(H,22,24). The minimum Gasteiger partial charge on any atom is -0.462 e. The van der Waals surface area contributed by atoms with E-state index in [2.05, 4.69) is 5.32 Å². The van der Waals surface area contributed by atoms with Crippen LogP contribution in [0, 0.1) is 0 Å². The minimum absolute atomic E-state index is 0.292. The van der Waals surface area contributed by atoms with Gasteiger partial charge in [0, 0.05) is 10.7 Å². The van der Waals surface area contributed by atoms with E-state index >= 15 is 0 Å². The highest BCUT2D eigenvalue weighted by Gasteiger charge is 2.21. The summed E-state index contributed by atoms with van der Waals surface area (Å²) in [7, 11) is -3.70. The molecule has 9 heteroatoms. The van der Waals surface area contributed by atoms with E-state index in [1.54, 1.807) is 30.3 Å². The first-order valence-corrected chi connectivity index (χ1v) is 11.2. The van der Waals surface area contributed by atoms with Crippen molar-refractivity contribution in [2.24, 2.45) is 0 Å². The second-order valence-corrected chi connectivity index (χ2v) is 8.71. The second-order valence-electron chi connectivity index (χ2n) is 6.36. The highest BCUT2D eigenvalue weighted by Crippen LogP contribution is 2.22. The van der Waals surface area contributed by atoms with Crippen LogP contribution in [0.15, 0.2) is 48.5 Å². The fourth-order valence-electron chi connectivity index (χ4n) is 2.44. The van der Waals surface area contributed by atoms with E-state index in [-0.39, 0.29) is 0 Å². The predicted molar refractivity (Wildman–Crippen MR) is 114 cm³/mol. The number of amides is 1. The molecule has 0 atom stereocenters. The molecule has 0 saturated carbocycles. The second kappa shape index (κ2) is 10.3. The predicted octanol–water partition coefficient (Wildman–Crippen LogP) is 3.70. The number of benzene rings is 2. The summed E-state index contributed by atoms with van der Waals surface area (Å²) in [6.45, 7) is 1.95. The monoisotopic (exact) mass is 438 g/mol. The summed E-state index contributed by atoms with van der Waals surface area (Å²) < 4.78 is 30.3. The maximum atomic E-state index is 12.4. The number of esters is 1. The fraction of sp³-hybridized carbons (Fsp3) is 0.300. The van der Waals surface area contributed by atoms with Crippen molar-refractivity contribution in [3.63, 3.8) is 0 Å². The third-order valence-electron chi connectivity index (χ3n) is 3.92. The molecule has 1 amide bonds. The summed E-state index contributed by atoms with van der Waals surface area (Å²) >= 11 is 5.93. The van der Waals surface area contributed by atoms with Crippen LogP contribution in [0.3, 0.4) is 0 Å². The summed E-state index contributed by atoms with van der Waals surface area (Å²) in [6.07, 6.45) is 2.74. The van der Waals surface area contributed by atoms with Gasteiger partial charge in [0.05, 0.1) is 24.1 Å². The topological polar surface area (TPSA) is 92.8 Å². The summed E-state index contributed by atoms with van der Waals surface area (Å²) in [4.78, 5) is 24.3. The Balaban J connectivity index is 2.04. The molecule has 0 radical (unpaired) electrons. The van der Waals surface area contributed by atoms with E-state index in [4.69, 9.17) is 16.3 Å². The number of anilines is 2. The first-order chi connectivity index (χ1) is 13.7. The number of unbranched alkanes of at least 4 members (excludes halogenated alkanes) is 1. The molecule has 1 N–H and O–H groups in total. The number of rotatable bonds is 9. The molecule has 0 spiro atoms. The van der Waals surface area contributed by atoms with Gasteiger partial charge in [-0.15, -0.1) is 0 Å². The Morgan fingerprint density at radius 2 is 1.83 bits per heavy atom. The Labute approximate surface area is 175 Å². The molecule has 0 aliphatic rings. The molecule has 7 nitrogen and oxygen atoms in total. The Bertz CT molecular complexity index is 961. The van der Waals surface area contributed by atoms with Gasteiger partial charge >= 0.3 is 5.97 Å². The maximum absolute atomic E-state index is 12.4. The zero-order chi connectivity index (χ0) is 21.4. The van der Waals surface area contributed by atoms with E-state index in [0.29, 0.717) is 28.6 Å². The molecule has 0 aromatic heterocycles. The van der Waals surface area contributed by atoms with Crippen molar-refractivity contribution in [3.8, 4) is 0 Å². The summed E-state index contributed by atoms with van der Waals surface area (Å²) in [5.41, 5.74) is 1.09. The molecular formula is C20H23ClN2O5S. The number of ether oxygens (including phenoxy) is 1. The van der Waals surface area contributed by atoms with E-state index in [0.717, 1.165) is 23.4 Å². The molecule has 0 heterocycles. The van der Waals surface area contributed by atoms with Crippen LogP contribution >= 0.6 is 11.6 Å². The molecule has 29 heavy (non-hydrogen) atoms. The Kier molecular flexibility index (Phi) is 8.04. The van der Waals surface area contributed by atoms with Crippen LogP contribution in [0.2, 0.25) is 5.02 Å². The van der Waals surface area contributed by atoms with Crippen molar-refractivity contribution in [3.05, 3.63) is 59.1 Å². The van der Waals surface area contributed by atoms with Gasteiger partial charge in [0.1, 0.15) is 6.54 Å². The molecule has 0 aliphatic carbocycles. The smallest absolute Gasteiger partial charge is 0.338 e. The summed E-state index contributed by atoms with van der Waals surface area (Å²) in [5, 5.41) is 2.98. The molecule has 0 bridgehead atoms. The molecule has 0 saturated heterocycles. The first-order valence-electron chi connectivity index (χ1n) is 9.01. The number of halogens is 1. The molecule has 2 aromatic rings. The normalized spacial score (nSPS) is 11.0. The minimum atomic E-state index is -3.70. The number of carbonyl (C=O) groups is 2. The number of hydrogen-bond acceptors (Lipinski definition) is 5. The Hall–Kier alpha value is -2.58. The molecule has 0 fully saturated rings. The van der Waals surface area contributed by atoms with Gasteiger partial charge in [-0.05, 0) is 48.9 Å². The van der Waals surface area contributed by atoms with E-state index in [9.17, 15) is 18.0 Å². The molecular weight excluding hydrogens is 416 g/mol. The third kappa shape index (κ3) is 7.07. The lowest BCUT2D eigenvalue weighted by Gasteiger charge is -2.22. The highest BCUT2D eigenvalue weighted by molar-refractivity contribution is 7.92. The number of sulfonamides is 1. The Morgan fingerprint density at radius 3 is 2.41 bits per heavy atom. The largest absolute Gasteiger partial charge is 0.462 e. The van der Waals surface area contributed by atoms with E-state index < -0.39 is 28.4 Å². The van der Waals surface area contributed by atoms with Crippen LogP contribution < -0.4 is 9.62 Å². The third-order valence-corrected chi connectivity index (χ3v) is 5.29. The van der Waals surface area contributed by atoms with Gasteiger partial charge in [-0.2, -0.15) is 0 Å². The average Bonchev–Trinajstić information content (AvgIpc) is 2.66. The zero-order valence-electron chi connectivity index (χ0n) is 16.2. The highest BCUT2D eigenvalue weighted by atomic mass is 35.5. The van der Waals surface area contributed by atoms with Crippen molar-refractivity contribution in [2.75, 3.05) is 29.0 Å². The van der Waals surface area contributed by atoms with Crippen LogP contribution in [0.4, 0.5) is 11.4 Å². The SMILES string of the molecule is CCCCOC(=O)c1ccc(NC(=O)CN(c2cccc(Cl)c2)S(C)(=O)=O)cc1. The maximum Gasteiger partial charge on any atom is 0.338 e. The molecule has 0 aliphatic heterocycles. The quantitative estimate of drug-likeness (QED) is 0.476. The average molecular weight is 439 g/mol. The zero-order valence-corrected chi connectivity index (χ0v) is 17.8. The van der Waals surface area contributed by atoms with Crippen molar-refractivity contribution in [1.29, 1.82) is 0 Å². The summed E-state index contributed by atoms with van der Waals surface area (Å²) in [5.74, 6) is -0.964. The molecule has 156 valence electrons. The van der Waals surface area contributed by atoms with Gasteiger partial charge in [0.15, 0.2) is 0 Å². The van der Waals surface area contributed by atoms with Gasteiger partial charge in [0.2, 0.25) is 15.9 Å². The summed E-state index contributed by atoms with van der Waals surface area (Å²) in [6, 6.07) is 12.4. The van der Waals surface area contributed by atoms with Crippen LogP contribution in [0.5, 0.6) is 0 Å². The number of hydrogen-bond donors (Lipinski definition) is 1. The van der Waals surface area contributed by atoms with Gasteiger partial charge in [-0.3, -0.25) is 9.10 Å². The van der Waals surface area contributed by atoms with Crippen LogP contribution in [0.25, 0.3) is 0 Å². The Morgan fingerprint density at radius 1 is 1.14 bits per heavy atom. The molecule has 2 rings (SSSR count). The lowest BCUT2D eigenvalue weighted by atomic mass is 10.2. The van der Waals surface area contributed by atoms with Gasteiger partial charge < -0.3 is 10.1 Å². The molecule has 0 unspecified atom stereocenters. The van der Waals surface area contributed by atoms with Crippen LogP contribution in [-0.4, -0.2) is 39.7 Å². The fourth-order valence-corrected chi connectivity index (χ4v) is 3.48. The van der Waals surface area contributed by atoms with Gasteiger partial charge in [-0.1, -0.05) is 31.0 Å². The van der Waals surface area contributed by atoms with Crippen molar-refractivity contribution < 1.29 is 22.7 Å². The van der Waals surface area contributed by atoms with Crippen molar-refractivity contribution >= 4 is 44.9 Å². The van der Waals surface area contributed by atoms with Crippen LogP contribution in [-0.2, 0) is 19.6 Å². The lowest BCUT2D eigenvalue weighted by molar-refractivity contribution is -0.114. The molecule has 2 aromatic carbocycles. The van der Waals surface area contributed by atoms with E-state index in [1.807, 2.05) is 6.92 Å². The van der Waals surface area contributed by atoms with Crippen molar-refractivity contribution in [2.45, 2.75) is 19.8 Å². The van der Waals surface area contributed by atoms with Crippen LogP contribution in [0.1, 0.15) is 30.1 Å². The number of carbonyl (C=O) groups excluding carboxylic acids is 2.